The Morgan fingerprint density at radius 2 is 2.31 bits per heavy atom. The first-order valence-electron chi connectivity index (χ1n) is 5.61. The van der Waals surface area contributed by atoms with Gasteiger partial charge < -0.3 is 10.1 Å². The molecule has 2 aliphatic rings. The van der Waals surface area contributed by atoms with Gasteiger partial charge in [-0.2, -0.15) is 0 Å². The fourth-order valence-electron chi connectivity index (χ4n) is 1.92. The molecule has 0 amide bonds. The van der Waals surface area contributed by atoms with Gasteiger partial charge in [-0.1, -0.05) is 6.92 Å². The Hall–Kier alpha value is -0.0800. The van der Waals surface area contributed by atoms with E-state index in [-0.39, 0.29) is 0 Å². The minimum Gasteiger partial charge on any atom is -0.378 e. The van der Waals surface area contributed by atoms with Crippen LogP contribution in [-0.2, 0) is 4.74 Å². The van der Waals surface area contributed by atoms with E-state index in [0.29, 0.717) is 11.5 Å². The van der Waals surface area contributed by atoms with Crippen molar-refractivity contribution in [2.75, 3.05) is 19.7 Å². The fourth-order valence-corrected chi connectivity index (χ4v) is 1.92. The summed E-state index contributed by atoms with van der Waals surface area (Å²) in [6, 6.07) is 0. The first kappa shape index (κ1) is 9.47. The van der Waals surface area contributed by atoms with Crippen molar-refractivity contribution in [1.29, 1.82) is 0 Å². The number of rotatable bonds is 5. The molecule has 1 saturated heterocycles. The van der Waals surface area contributed by atoms with E-state index < -0.39 is 0 Å². The minimum atomic E-state index is 0.555. The van der Waals surface area contributed by atoms with E-state index >= 15 is 0 Å². The third kappa shape index (κ3) is 2.96. The van der Waals surface area contributed by atoms with Crippen LogP contribution in [0.5, 0.6) is 0 Å². The summed E-state index contributed by atoms with van der Waals surface area (Å²) >= 11 is 0. The van der Waals surface area contributed by atoms with Crippen LogP contribution in [0.2, 0.25) is 0 Å². The quantitative estimate of drug-likeness (QED) is 0.658. The molecular weight excluding hydrogens is 162 g/mol. The molecule has 2 heteroatoms. The van der Waals surface area contributed by atoms with Crippen molar-refractivity contribution in [3.05, 3.63) is 0 Å². The van der Waals surface area contributed by atoms with Gasteiger partial charge in [0, 0.05) is 13.2 Å². The second-order valence-electron chi connectivity index (χ2n) is 4.91. The molecule has 0 bridgehead atoms. The van der Waals surface area contributed by atoms with Gasteiger partial charge in [-0.25, -0.2) is 0 Å². The van der Waals surface area contributed by atoms with Crippen LogP contribution in [0.4, 0.5) is 0 Å². The zero-order valence-electron chi connectivity index (χ0n) is 8.64. The third-order valence-electron chi connectivity index (χ3n) is 3.32. The molecule has 2 fully saturated rings. The van der Waals surface area contributed by atoms with Gasteiger partial charge in [-0.3, -0.25) is 0 Å². The maximum absolute atomic E-state index is 5.56. The normalized spacial score (nSPS) is 30.7. The van der Waals surface area contributed by atoms with Gasteiger partial charge in [-0.05, 0) is 44.1 Å². The molecule has 1 heterocycles. The van der Waals surface area contributed by atoms with Crippen molar-refractivity contribution in [1.82, 2.24) is 5.32 Å². The van der Waals surface area contributed by atoms with Crippen molar-refractivity contribution in [3.8, 4) is 0 Å². The lowest BCUT2D eigenvalue weighted by molar-refractivity contribution is 0.104. The van der Waals surface area contributed by atoms with Crippen molar-refractivity contribution in [2.45, 2.75) is 45.1 Å². The van der Waals surface area contributed by atoms with Gasteiger partial charge in [0.05, 0.1) is 6.10 Å². The predicted molar refractivity (Wildman–Crippen MR) is 53.8 cm³/mol. The predicted octanol–water partition coefficient (Wildman–Crippen LogP) is 1.95. The highest BCUT2D eigenvalue weighted by Crippen LogP contribution is 2.43. The molecule has 0 radical (unpaired) electrons. The Morgan fingerprint density at radius 3 is 2.92 bits per heavy atom. The van der Waals surface area contributed by atoms with Crippen LogP contribution in [0.25, 0.3) is 0 Å². The summed E-state index contributed by atoms with van der Waals surface area (Å²) in [6.07, 6.45) is 7.14. The third-order valence-corrected chi connectivity index (χ3v) is 3.32. The Balaban J connectivity index is 1.48. The molecule has 1 aliphatic carbocycles. The maximum atomic E-state index is 5.56. The standard InChI is InChI=1S/C11H21NO/c1-11(5-6-11)9-12-7-4-10-3-2-8-13-10/h10,12H,2-9H2,1H3. The van der Waals surface area contributed by atoms with Gasteiger partial charge in [0.1, 0.15) is 0 Å². The minimum absolute atomic E-state index is 0.555. The zero-order chi connectivity index (χ0) is 9.15. The van der Waals surface area contributed by atoms with Crippen LogP contribution in [0.3, 0.4) is 0 Å². The van der Waals surface area contributed by atoms with E-state index in [1.807, 2.05) is 0 Å². The Bertz CT molecular complexity index is 159. The Morgan fingerprint density at radius 1 is 1.46 bits per heavy atom. The summed E-state index contributed by atoms with van der Waals surface area (Å²) in [5.41, 5.74) is 0.649. The van der Waals surface area contributed by atoms with Crippen LogP contribution >= 0.6 is 0 Å². The number of ether oxygens (including phenoxy) is 1. The molecule has 1 saturated carbocycles. The maximum Gasteiger partial charge on any atom is 0.0588 e. The molecule has 0 aromatic rings. The van der Waals surface area contributed by atoms with Gasteiger partial charge in [0.15, 0.2) is 0 Å². The lowest BCUT2D eigenvalue weighted by Crippen LogP contribution is -2.25. The number of hydrogen-bond donors (Lipinski definition) is 1. The summed E-state index contributed by atoms with van der Waals surface area (Å²) in [5.74, 6) is 0. The van der Waals surface area contributed by atoms with E-state index in [9.17, 15) is 0 Å². The summed E-state index contributed by atoms with van der Waals surface area (Å²) in [7, 11) is 0. The molecule has 0 aromatic carbocycles. The Kier molecular flexibility index (Phi) is 2.89. The highest BCUT2D eigenvalue weighted by molar-refractivity contribution is 4.90. The first-order chi connectivity index (χ1) is 6.29. The Labute approximate surface area is 81.0 Å². The summed E-state index contributed by atoms with van der Waals surface area (Å²) < 4.78 is 5.56. The number of hydrogen-bond acceptors (Lipinski definition) is 2. The van der Waals surface area contributed by atoms with E-state index in [4.69, 9.17) is 4.74 Å². The van der Waals surface area contributed by atoms with E-state index in [0.717, 1.165) is 13.2 Å². The molecule has 2 nitrogen and oxygen atoms in total. The smallest absolute Gasteiger partial charge is 0.0588 e. The van der Waals surface area contributed by atoms with Gasteiger partial charge >= 0.3 is 0 Å². The van der Waals surface area contributed by atoms with Crippen LogP contribution in [0.15, 0.2) is 0 Å². The monoisotopic (exact) mass is 183 g/mol. The van der Waals surface area contributed by atoms with Crippen molar-refractivity contribution in [3.63, 3.8) is 0 Å². The summed E-state index contributed by atoms with van der Waals surface area (Å²) in [4.78, 5) is 0. The van der Waals surface area contributed by atoms with E-state index in [2.05, 4.69) is 12.2 Å². The molecule has 1 aliphatic heterocycles. The van der Waals surface area contributed by atoms with Gasteiger partial charge in [-0.15, -0.1) is 0 Å². The van der Waals surface area contributed by atoms with E-state index in [1.54, 1.807) is 0 Å². The molecule has 1 unspecified atom stereocenters. The van der Waals surface area contributed by atoms with E-state index in [1.165, 1.54) is 38.6 Å². The largest absolute Gasteiger partial charge is 0.378 e. The molecular formula is C11H21NO. The SMILES string of the molecule is CC1(CNCCC2CCCO2)CC1. The second kappa shape index (κ2) is 3.97. The molecule has 0 aromatic heterocycles. The van der Waals surface area contributed by atoms with Crippen molar-refractivity contribution < 1.29 is 4.74 Å². The fraction of sp³-hybridized carbons (Fsp3) is 1.00. The summed E-state index contributed by atoms with van der Waals surface area (Å²) in [5, 5.41) is 3.53. The molecule has 1 atom stereocenters. The molecule has 1 N–H and O–H groups in total. The van der Waals surface area contributed by atoms with Crippen LogP contribution in [0.1, 0.15) is 39.0 Å². The average molecular weight is 183 g/mol. The molecule has 0 spiro atoms. The number of nitrogens with one attached hydrogen (secondary N) is 1. The molecule has 76 valence electrons. The lowest BCUT2D eigenvalue weighted by atomic mass is 10.1. The first-order valence-corrected chi connectivity index (χ1v) is 5.61. The van der Waals surface area contributed by atoms with Crippen molar-refractivity contribution >= 4 is 0 Å². The van der Waals surface area contributed by atoms with Gasteiger partial charge in [0.25, 0.3) is 0 Å². The second-order valence-corrected chi connectivity index (χ2v) is 4.91. The lowest BCUT2D eigenvalue weighted by Gasteiger charge is -2.12. The molecule has 13 heavy (non-hydrogen) atoms. The molecule has 2 rings (SSSR count). The van der Waals surface area contributed by atoms with Crippen LogP contribution in [0, 0.1) is 5.41 Å². The summed E-state index contributed by atoms with van der Waals surface area (Å²) in [6.45, 7) is 5.70. The van der Waals surface area contributed by atoms with Crippen LogP contribution < -0.4 is 5.32 Å². The van der Waals surface area contributed by atoms with Crippen LogP contribution in [-0.4, -0.2) is 25.8 Å². The highest BCUT2D eigenvalue weighted by atomic mass is 16.5. The zero-order valence-corrected chi connectivity index (χ0v) is 8.64. The van der Waals surface area contributed by atoms with Crippen molar-refractivity contribution in [2.24, 2.45) is 5.41 Å². The average Bonchev–Trinajstić information content (AvgIpc) is 2.69. The topological polar surface area (TPSA) is 21.3 Å². The highest BCUT2D eigenvalue weighted by Gasteiger charge is 2.36. The van der Waals surface area contributed by atoms with Gasteiger partial charge in [0.2, 0.25) is 0 Å².